The number of unbranched alkanes of at least 4 members (excludes halogenated alkanes) is 1. The molecule has 4 nitrogen and oxygen atoms in total. The van der Waals surface area contributed by atoms with Gasteiger partial charge in [0.15, 0.2) is 0 Å². The molecule has 3 aromatic rings. The number of anilines is 1. The molecule has 176 valence electrons. The zero-order valence-electron chi connectivity index (χ0n) is 20.0. The minimum atomic E-state index is -0.334. The fraction of sp³-hybridized carbons (Fsp3) is 0.345. The number of carbonyl (C=O) groups is 1. The van der Waals surface area contributed by atoms with E-state index in [2.05, 4.69) is 54.4 Å². The minimum Gasteiger partial charge on any atom is -0.368 e. The number of hydrogen-bond donors (Lipinski definition) is 2. The Balaban J connectivity index is 1.93. The van der Waals surface area contributed by atoms with Crippen LogP contribution in [0.1, 0.15) is 52.4 Å². The van der Waals surface area contributed by atoms with E-state index < -0.39 is 0 Å². The monoisotopic (exact) mass is 473 g/mol. The molecule has 1 heterocycles. The van der Waals surface area contributed by atoms with Crippen molar-refractivity contribution in [2.24, 2.45) is 5.73 Å². The summed E-state index contributed by atoms with van der Waals surface area (Å²) in [6.45, 7) is 7.80. The minimum absolute atomic E-state index is 0.334. The van der Waals surface area contributed by atoms with E-state index in [1.54, 1.807) is 0 Å². The molecule has 0 atom stereocenters. The van der Waals surface area contributed by atoms with Crippen LogP contribution in [0.3, 0.4) is 0 Å². The Labute approximate surface area is 207 Å². The van der Waals surface area contributed by atoms with Gasteiger partial charge in [-0.1, -0.05) is 61.3 Å². The zero-order valence-corrected chi connectivity index (χ0v) is 20.8. The second kappa shape index (κ2) is 9.44. The van der Waals surface area contributed by atoms with Crippen LogP contribution in [-0.2, 0) is 12.8 Å². The first-order chi connectivity index (χ1) is 16.5. The van der Waals surface area contributed by atoms with Crippen LogP contribution in [0.15, 0.2) is 42.5 Å². The van der Waals surface area contributed by atoms with Gasteiger partial charge in [-0.3, -0.25) is 4.79 Å². The third-order valence-corrected chi connectivity index (χ3v) is 7.74. The van der Waals surface area contributed by atoms with Crippen molar-refractivity contribution < 1.29 is 4.79 Å². The molecule has 0 unspecified atom stereocenters. The number of fused-ring (bicyclic) bond motifs is 3. The first-order valence-corrected chi connectivity index (χ1v) is 12.7. The van der Waals surface area contributed by atoms with E-state index in [-0.39, 0.29) is 5.91 Å². The summed E-state index contributed by atoms with van der Waals surface area (Å²) in [6.07, 6.45) is 3.66. The number of hydrogen-bond acceptors (Lipinski definition) is 3. The van der Waals surface area contributed by atoms with Gasteiger partial charge in [-0.05, 0) is 70.3 Å². The molecule has 1 fully saturated rings. The summed E-state index contributed by atoms with van der Waals surface area (Å²) >= 11 is 6.62. The summed E-state index contributed by atoms with van der Waals surface area (Å²) in [6, 6.07) is 14.7. The first kappa shape index (κ1) is 22.9. The van der Waals surface area contributed by atoms with E-state index in [0.717, 1.165) is 84.8 Å². The average molecular weight is 474 g/mol. The van der Waals surface area contributed by atoms with Gasteiger partial charge < -0.3 is 16.0 Å². The smallest absolute Gasteiger partial charge is 0.251 e. The Morgan fingerprint density at radius 3 is 2.53 bits per heavy atom. The standard InChI is InChI=1S/C29H32ClN3O/c1-3-4-9-22-25(20-11-7-12-24(30)18(20)2)26-21-10-6-5-8-19(21)17-23(26)28(27(22)29(31)34)33-15-13-32-14-16-33/h5-8,10-12,32H,3-4,9,13-17H2,1-2H3,(H2,31,34). The summed E-state index contributed by atoms with van der Waals surface area (Å²) < 4.78 is 0. The number of primary amides is 1. The van der Waals surface area contributed by atoms with Gasteiger partial charge >= 0.3 is 0 Å². The van der Waals surface area contributed by atoms with Crippen LogP contribution in [0.4, 0.5) is 5.69 Å². The van der Waals surface area contributed by atoms with Crippen molar-refractivity contribution >= 4 is 23.2 Å². The zero-order chi connectivity index (χ0) is 23.8. The number of rotatable bonds is 6. The molecule has 34 heavy (non-hydrogen) atoms. The Bertz CT molecular complexity index is 1260. The normalized spacial score (nSPS) is 14.7. The van der Waals surface area contributed by atoms with Crippen molar-refractivity contribution in [3.8, 4) is 22.3 Å². The van der Waals surface area contributed by atoms with Crippen LogP contribution in [0, 0.1) is 6.92 Å². The van der Waals surface area contributed by atoms with Crippen molar-refractivity contribution in [2.45, 2.75) is 39.5 Å². The summed E-state index contributed by atoms with van der Waals surface area (Å²) in [5.74, 6) is -0.334. The Hall–Kier alpha value is -2.82. The van der Waals surface area contributed by atoms with E-state index in [0.29, 0.717) is 5.56 Å². The van der Waals surface area contributed by atoms with Crippen molar-refractivity contribution in [1.82, 2.24) is 5.32 Å². The number of amides is 1. The van der Waals surface area contributed by atoms with Crippen molar-refractivity contribution in [3.05, 3.63) is 75.3 Å². The molecule has 0 saturated carbocycles. The Morgan fingerprint density at radius 1 is 1.06 bits per heavy atom. The van der Waals surface area contributed by atoms with Crippen LogP contribution in [0.2, 0.25) is 5.02 Å². The lowest BCUT2D eigenvalue weighted by atomic mass is 9.81. The summed E-state index contributed by atoms with van der Waals surface area (Å²) in [5.41, 5.74) is 17.4. The molecular formula is C29H32ClN3O. The number of nitrogens with one attached hydrogen (secondary N) is 1. The van der Waals surface area contributed by atoms with Crippen LogP contribution < -0.4 is 16.0 Å². The molecule has 0 radical (unpaired) electrons. The van der Waals surface area contributed by atoms with Crippen LogP contribution in [0.5, 0.6) is 0 Å². The fourth-order valence-corrected chi connectivity index (χ4v) is 5.87. The lowest BCUT2D eigenvalue weighted by Gasteiger charge is -2.34. The van der Waals surface area contributed by atoms with E-state index in [9.17, 15) is 4.79 Å². The molecular weight excluding hydrogens is 442 g/mol. The number of halogens is 1. The highest BCUT2D eigenvalue weighted by molar-refractivity contribution is 6.31. The van der Waals surface area contributed by atoms with Gasteiger partial charge in [-0.15, -0.1) is 0 Å². The molecule has 1 saturated heterocycles. The Morgan fingerprint density at radius 2 is 1.79 bits per heavy atom. The van der Waals surface area contributed by atoms with Gasteiger partial charge in [0, 0.05) is 37.6 Å². The number of nitrogens with two attached hydrogens (primary N) is 1. The summed E-state index contributed by atoms with van der Waals surface area (Å²) in [7, 11) is 0. The number of nitrogens with zero attached hydrogens (tertiary/aromatic N) is 1. The average Bonchev–Trinajstić information content (AvgIpc) is 3.23. The molecule has 0 spiro atoms. The summed E-state index contributed by atoms with van der Waals surface area (Å²) in [4.78, 5) is 15.6. The second-order valence-electron chi connectivity index (χ2n) is 9.38. The van der Waals surface area contributed by atoms with Crippen molar-refractivity contribution in [1.29, 1.82) is 0 Å². The molecule has 3 N–H and O–H groups in total. The third kappa shape index (κ3) is 3.79. The fourth-order valence-electron chi connectivity index (χ4n) is 5.70. The van der Waals surface area contributed by atoms with Crippen molar-refractivity contribution in [3.63, 3.8) is 0 Å². The van der Waals surface area contributed by atoms with E-state index in [1.165, 1.54) is 22.3 Å². The van der Waals surface area contributed by atoms with E-state index in [4.69, 9.17) is 17.3 Å². The first-order valence-electron chi connectivity index (χ1n) is 12.3. The van der Waals surface area contributed by atoms with Gasteiger partial charge in [0.25, 0.3) is 5.91 Å². The summed E-state index contributed by atoms with van der Waals surface area (Å²) in [5, 5.41) is 4.19. The molecule has 5 heteroatoms. The van der Waals surface area contributed by atoms with E-state index >= 15 is 0 Å². The van der Waals surface area contributed by atoms with Gasteiger partial charge in [-0.2, -0.15) is 0 Å². The highest BCUT2D eigenvalue weighted by atomic mass is 35.5. The van der Waals surface area contributed by atoms with Gasteiger partial charge in [0.05, 0.1) is 11.3 Å². The maximum Gasteiger partial charge on any atom is 0.251 e. The number of benzene rings is 3. The van der Waals surface area contributed by atoms with Crippen LogP contribution >= 0.6 is 11.6 Å². The lowest BCUT2D eigenvalue weighted by Crippen LogP contribution is -2.45. The Kier molecular flexibility index (Phi) is 6.37. The molecule has 0 aromatic heterocycles. The molecule has 5 rings (SSSR count). The van der Waals surface area contributed by atoms with Crippen LogP contribution in [-0.4, -0.2) is 32.1 Å². The maximum absolute atomic E-state index is 13.2. The lowest BCUT2D eigenvalue weighted by molar-refractivity contribution is 0.0999. The molecule has 1 amide bonds. The molecule has 1 aliphatic carbocycles. The molecule has 0 bridgehead atoms. The SMILES string of the molecule is CCCCc1c(C(N)=O)c(N2CCNCC2)c2c(c1-c1cccc(Cl)c1C)-c1ccccc1C2. The number of carbonyl (C=O) groups excluding carboxylic acids is 1. The third-order valence-electron chi connectivity index (χ3n) is 7.33. The topological polar surface area (TPSA) is 58.4 Å². The van der Waals surface area contributed by atoms with Crippen molar-refractivity contribution in [2.75, 3.05) is 31.1 Å². The van der Waals surface area contributed by atoms with Gasteiger partial charge in [-0.25, -0.2) is 0 Å². The highest BCUT2D eigenvalue weighted by Gasteiger charge is 2.34. The predicted octanol–water partition coefficient (Wildman–Crippen LogP) is 5.74. The molecule has 1 aliphatic heterocycles. The van der Waals surface area contributed by atoms with E-state index in [1.807, 2.05) is 12.1 Å². The van der Waals surface area contributed by atoms with Crippen LogP contribution in [0.25, 0.3) is 22.3 Å². The molecule has 3 aromatic carbocycles. The molecule has 2 aliphatic rings. The largest absolute Gasteiger partial charge is 0.368 e. The second-order valence-corrected chi connectivity index (χ2v) is 9.79. The predicted molar refractivity (Wildman–Crippen MR) is 142 cm³/mol. The maximum atomic E-state index is 13.2. The van der Waals surface area contributed by atoms with Gasteiger partial charge in [0.1, 0.15) is 0 Å². The highest BCUT2D eigenvalue weighted by Crippen LogP contribution is 2.52. The number of piperazine rings is 1. The quantitative estimate of drug-likeness (QED) is 0.375. The van der Waals surface area contributed by atoms with Gasteiger partial charge in [0.2, 0.25) is 0 Å².